The van der Waals surface area contributed by atoms with Gasteiger partial charge in [-0.2, -0.15) is 0 Å². The van der Waals surface area contributed by atoms with Crippen LogP contribution in [0.3, 0.4) is 0 Å². The average Bonchev–Trinajstić information content (AvgIpc) is 3.55. The lowest BCUT2D eigenvalue weighted by molar-refractivity contribution is -0.108. The summed E-state index contributed by atoms with van der Waals surface area (Å²) in [7, 11) is 0. The standard InChI is InChI=1S/C41H35NO/c1-2-3-4-16-27-42-35-24-15-14-23-33(35)34-28-32(25-26-36(34)42)40-38(30-19-10-6-11-20-30)37(29-17-8-5-9-18-29)39(41(40)43)31-21-12-7-13-22-31/h5-15,17-26,28H,2-4,16,27H2,1H3. The molecule has 1 heterocycles. The third-order valence-electron chi connectivity index (χ3n) is 8.69. The van der Waals surface area contributed by atoms with Gasteiger partial charge in [0.15, 0.2) is 5.78 Å². The molecule has 0 saturated carbocycles. The number of Topliss-reactive ketones (excluding diaryl/α,β-unsaturated/α-hetero) is 1. The zero-order valence-corrected chi connectivity index (χ0v) is 24.6. The van der Waals surface area contributed by atoms with Gasteiger partial charge in [-0.3, -0.25) is 4.79 Å². The van der Waals surface area contributed by atoms with Crippen LogP contribution in [0.2, 0.25) is 0 Å². The number of aryl methyl sites for hydroxylation is 1. The second kappa shape index (κ2) is 11.7. The van der Waals surface area contributed by atoms with E-state index in [1.165, 1.54) is 41.1 Å². The van der Waals surface area contributed by atoms with Crippen LogP contribution in [0.5, 0.6) is 0 Å². The van der Waals surface area contributed by atoms with E-state index in [1.54, 1.807) is 0 Å². The van der Waals surface area contributed by atoms with Gasteiger partial charge in [0.05, 0.1) is 0 Å². The van der Waals surface area contributed by atoms with Crippen LogP contribution >= 0.6 is 0 Å². The van der Waals surface area contributed by atoms with Crippen molar-refractivity contribution >= 4 is 49.9 Å². The summed E-state index contributed by atoms with van der Waals surface area (Å²) in [5.74, 6) is 0.0755. The van der Waals surface area contributed by atoms with E-state index in [2.05, 4.69) is 115 Å². The fourth-order valence-corrected chi connectivity index (χ4v) is 6.69. The van der Waals surface area contributed by atoms with Crippen molar-refractivity contribution in [2.24, 2.45) is 0 Å². The summed E-state index contributed by atoms with van der Waals surface area (Å²) >= 11 is 0. The van der Waals surface area contributed by atoms with E-state index in [-0.39, 0.29) is 5.78 Å². The Bertz CT molecular complexity index is 1990. The molecule has 1 aliphatic rings. The number of fused-ring (bicyclic) bond motifs is 3. The molecule has 0 spiro atoms. The van der Waals surface area contributed by atoms with Crippen LogP contribution < -0.4 is 0 Å². The van der Waals surface area contributed by atoms with Gasteiger partial charge in [-0.1, -0.05) is 141 Å². The Morgan fingerprint density at radius 1 is 0.465 bits per heavy atom. The number of benzene rings is 5. The fraction of sp³-hybridized carbons (Fsp3) is 0.146. The normalized spacial score (nSPS) is 13.6. The Balaban J connectivity index is 1.47. The van der Waals surface area contributed by atoms with Crippen molar-refractivity contribution in [3.05, 3.63) is 156 Å². The zero-order valence-electron chi connectivity index (χ0n) is 24.6. The number of rotatable bonds is 9. The second-order valence-electron chi connectivity index (χ2n) is 11.4. The number of aromatic nitrogens is 1. The fourth-order valence-electron chi connectivity index (χ4n) is 6.69. The minimum absolute atomic E-state index is 0.0755. The third kappa shape index (κ3) is 4.83. The Hall–Kier alpha value is -4.95. The largest absolute Gasteiger partial charge is 0.340 e. The molecule has 1 aromatic heterocycles. The lowest BCUT2D eigenvalue weighted by atomic mass is 9.89. The Kier molecular flexibility index (Phi) is 7.35. The molecule has 0 amide bonds. The van der Waals surface area contributed by atoms with Gasteiger partial charge in [0.1, 0.15) is 0 Å². The molecule has 43 heavy (non-hydrogen) atoms. The minimum Gasteiger partial charge on any atom is -0.340 e. The summed E-state index contributed by atoms with van der Waals surface area (Å²) in [5.41, 5.74) is 10.0. The highest BCUT2D eigenvalue weighted by Gasteiger charge is 2.35. The first kappa shape index (κ1) is 26.9. The molecular formula is C41H35NO. The van der Waals surface area contributed by atoms with E-state index in [4.69, 9.17) is 0 Å². The van der Waals surface area contributed by atoms with Gasteiger partial charge in [0.25, 0.3) is 0 Å². The maximum absolute atomic E-state index is 14.8. The van der Waals surface area contributed by atoms with Crippen LogP contribution in [0.15, 0.2) is 133 Å². The summed E-state index contributed by atoms with van der Waals surface area (Å²) in [4.78, 5) is 14.8. The summed E-state index contributed by atoms with van der Waals surface area (Å²) < 4.78 is 2.47. The number of nitrogens with zero attached hydrogens (tertiary/aromatic N) is 1. The molecule has 0 atom stereocenters. The first-order valence-electron chi connectivity index (χ1n) is 15.5. The van der Waals surface area contributed by atoms with E-state index < -0.39 is 0 Å². The number of hydrogen-bond acceptors (Lipinski definition) is 1. The summed E-state index contributed by atoms with van der Waals surface area (Å²) in [6, 6.07) is 46.3. The maximum Gasteiger partial charge on any atom is 0.195 e. The van der Waals surface area contributed by atoms with Crippen molar-refractivity contribution in [1.29, 1.82) is 0 Å². The van der Waals surface area contributed by atoms with Crippen molar-refractivity contribution in [3.63, 3.8) is 0 Å². The van der Waals surface area contributed by atoms with Gasteiger partial charge < -0.3 is 4.57 Å². The van der Waals surface area contributed by atoms with Gasteiger partial charge in [-0.25, -0.2) is 0 Å². The van der Waals surface area contributed by atoms with Crippen LogP contribution in [-0.4, -0.2) is 10.4 Å². The lowest BCUT2D eigenvalue weighted by Gasteiger charge is -2.13. The monoisotopic (exact) mass is 557 g/mol. The number of para-hydroxylation sites is 1. The third-order valence-corrected chi connectivity index (χ3v) is 8.69. The molecule has 0 radical (unpaired) electrons. The summed E-state index contributed by atoms with van der Waals surface area (Å²) in [6.07, 6.45) is 4.89. The SMILES string of the molecule is CCCCCCn1c2ccccc2c2cc(C3=C(c4ccccc4)C(c4ccccc4)=C(c4ccccc4)C3=O)ccc21. The van der Waals surface area contributed by atoms with E-state index >= 15 is 0 Å². The number of hydrogen-bond donors (Lipinski definition) is 0. The van der Waals surface area contributed by atoms with Crippen LogP contribution in [0.1, 0.15) is 54.9 Å². The van der Waals surface area contributed by atoms with E-state index in [9.17, 15) is 4.79 Å². The second-order valence-corrected chi connectivity index (χ2v) is 11.4. The van der Waals surface area contributed by atoms with Crippen molar-refractivity contribution in [2.45, 2.75) is 39.2 Å². The average molecular weight is 558 g/mol. The summed E-state index contributed by atoms with van der Waals surface area (Å²) in [5, 5.41) is 2.44. The molecule has 6 aromatic rings. The molecule has 0 bridgehead atoms. The number of allylic oxidation sites excluding steroid dienone is 4. The molecule has 2 nitrogen and oxygen atoms in total. The van der Waals surface area contributed by atoms with Crippen LogP contribution in [0, 0.1) is 0 Å². The first-order chi connectivity index (χ1) is 21.3. The predicted octanol–water partition coefficient (Wildman–Crippen LogP) is 10.5. The Morgan fingerprint density at radius 2 is 0.977 bits per heavy atom. The van der Waals surface area contributed by atoms with Crippen molar-refractivity contribution in [3.8, 4) is 0 Å². The maximum atomic E-state index is 14.8. The predicted molar refractivity (Wildman–Crippen MR) is 182 cm³/mol. The molecule has 0 unspecified atom stereocenters. The molecule has 0 aliphatic heterocycles. The van der Waals surface area contributed by atoms with Crippen molar-refractivity contribution < 1.29 is 4.79 Å². The topological polar surface area (TPSA) is 22.0 Å². The van der Waals surface area contributed by atoms with Crippen LogP contribution in [-0.2, 0) is 11.3 Å². The molecule has 0 N–H and O–H groups in total. The van der Waals surface area contributed by atoms with Gasteiger partial charge in [0, 0.05) is 50.6 Å². The Morgan fingerprint density at radius 3 is 1.58 bits per heavy atom. The number of ketones is 1. The molecular weight excluding hydrogens is 522 g/mol. The smallest absolute Gasteiger partial charge is 0.195 e. The highest BCUT2D eigenvalue weighted by molar-refractivity contribution is 6.59. The molecule has 210 valence electrons. The van der Waals surface area contributed by atoms with E-state index in [0.29, 0.717) is 0 Å². The molecule has 1 aliphatic carbocycles. The molecule has 2 heteroatoms. The minimum atomic E-state index is 0.0755. The van der Waals surface area contributed by atoms with Gasteiger partial charge >= 0.3 is 0 Å². The molecule has 5 aromatic carbocycles. The van der Waals surface area contributed by atoms with Gasteiger partial charge in [-0.05, 0) is 46.9 Å². The first-order valence-corrected chi connectivity index (χ1v) is 15.5. The molecule has 0 fully saturated rings. The number of carbonyl (C=O) groups excluding carboxylic acids is 1. The highest BCUT2D eigenvalue weighted by atomic mass is 16.1. The van der Waals surface area contributed by atoms with Gasteiger partial charge in [-0.15, -0.1) is 0 Å². The van der Waals surface area contributed by atoms with E-state index in [0.717, 1.165) is 57.5 Å². The van der Waals surface area contributed by atoms with E-state index in [1.807, 2.05) is 30.3 Å². The van der Waals surface area contributed by atoms with Crippen molar-refractivity contribution in [2.75, 3.05) is 0 Å². The van der Waals surface area contributed by atoms with Gasteiger partial charge in [0.2, 0.25) is 0 Å². The lowest BCUT2D eigenvalue weighted by Crippen LogP contribution is -2.02. The summed E-state index contributed by atoms with van der Waals surface area (Å²) in [6.45, 7) is 3.25. The van der Waals surface area contributed by atoms with Crippen molar-refractivity contribution in [1.82, 2.24) is 4.57 Å². The highest BCUT2D eigenvalue weighted by Crippen LogP contribution is 2.50. The molecule has 7 rings (SSSR count). The zero-order chi connectivity index (χ0) is 29.2. The van der Waals surface area contributed by atoms with Crippen LogP contribution in [0.4, 0.5) is 0 Å². The molecule has 0 saturated heterocycles. The van der Waals surface area contributed by atoms with Crippen LogP contribution in [0.25, 0.3) is 44.1 Å². The number of unbranched alkanes of at least 4 members (excludes halogenated alkanes) is 3. The quantitative estimate of drug-likeness (QED) is 0.162. The number of carbonyl (C=O) groups is 1. The Labute approximate surface area is 253 Å².